The number of benzene rings is 2. The molecule has 1 saturated heterocycles. The number of carbonyl (C=O) groups is 1. The third-order valence-corrected chi connectivity index (χ3v) is 5.59. The van der Waals surface area contributed by atoms with Gasteiger partial charge in [0, 0.05) is 23.1 Å². The molecule has 3 aromatic rings. The predicted molar refractivity (Wildman–Crippen MR) is 123 cm³/mol. The molecule has 0 bridgehead atoms. The molecule has 1 fully saturated rings. The van der Waals surface area contributed by atoms with Gasteiger partial charge in [0.05, 0.1) is 29.7 Å². The first-order chi connectivity index (χ1) is 14.8. The molecule has 0 radical (unpaired) electrons. The van der Waals surface area contributed by atoms with Crippen LogP contribution in [0.2, 0.25) is 10.0 Å². The van der Waals surface area contributed by atoms with Crippen molar-refractivity contribution in [2.24, 2.45) is 0 Å². The molecule has 0 aliphatic carbocycles. The number of halogens is 2. The van der Waals surface area contributed by atoms with Crippen LogP contribution in [0, 0.1) is 0 Å². The first kappa shape index (κ1) is 21.8. The number of rotatable bonds is 4. The molecule has 0 spiro atoms. The van der Waals surface area contributed by atoms with E-state index in [4.69, 9.17) is 32.4 Å². The summed E-state index contributed by atoms with van der Waals surface area (Å²) in [6.07, 6.45) is 0.0917. The lowest BCUT2D eigenvalue weighted by Crippen LogP contribution is -2.48. The van der Waals surface area contributed by atoms with Crippen LogP contribution in [0.1, 0.15) is 13.8 Å². The van der Waals surface area contributed by atoms with Gasteiger partial charge in [-0.2, -0.15) is 0 Å². The monoisotopic (exact) mass is 460 g/mol. The summed E-state index contributed by atoms with van der Waals surface area (Å²) in [5.41, 5.74) is 0.901. The summed E-state index contributed by atoms with van der Waals surface area (Å²) in [6.45, 7) is 5.43. The second-order valence-electron chi connectivity index (χ2n) is 7.78. The fourth-order valence-electron chi connectivity index (χ4n) is 3.92. The number of hydrogen-bond donors (Lipinski definition) is 1. The second-order valence-corrected chi connectivity index (χ2v) is 8.66. The summed E-state index contributed by atoms with van der Waals surface area (Å²) in [6, 6.07) is 11.6. The van der Waals surface area contributed by atoms with Gasteiger partial charge in [-0.3, -0.25) is 19.8 Å². The Morgan fingerprint density at radius 1 is 1.06 bits per heavy atom. The van der Waals surface area contributed by atoms with E-state index < -0.39 is 0 Å². The van der Waals surface area contributed by atoms with Crippen LogP contribution in [0.25, 0.3) is 22.1 Å². The zero-order valence-electron chi connectivity index (χ0n) is 17.2. The highest BCUT2D eigenvalue weighted by Gasteiger charge is 2.25. The molecule has 0 saturated carbocycles. The van der Waals surface area contributed by atoms with E-state index in [1.165, 1.54) is 0 Å². The standard InChI is InChI=1S/C23H22Cl2N2O4/c1-13-10-27(11-14(2)30-13)12-20(28)26-23-21(15-3-5-16(24)6-4-15)22(29)18-9-17(25)7-8-19(18)31-23/h3-9,13-14H,10-12H2,1-2H3,(H,26,28)/t13-,14-/m0/s1. The Labute approximate surface area is 189 Å². The molecular formula is C23H22Cl2N2O4. The average molecular weight is 461 g/mol. The van der Waals surface area contributed by atoms with E-state index in [-0.39, 0.29) is 41.5 Å². The molecule has 0 unspecified atom stereocenters. The van der Waals surface area contributed by atoms with E-state index in [2.05, 4.69) is 5.32 Å². The third-order valence-electron chi connectivity index (χ3n) is 5.10. The van der Waals surface area contributed by atoms with Crippen LogP contribution in [0.3, 0.4) is 0 Å². The number of carbonyl (C=O) groups excluding carboxylic acids is 1. The van der Waals surface area contributed by atoms with Crippen molar-refractivity contribution in [3.63, 3.8) is 0 Å². The summed E-state index contributed by atoms with van der Waals surface area (Å²) >= 11 is 12.1. The van der Waals surface area contributed by atoms with Crippen molar-refractivity contribution in [2.75, 3.05) is 25.0 Å². The van der Waals surface area contributed by atoms with Gasteiger partial charge in [-0.25, -0.2) is 0 Å². The maximum Gasteiger partial charge on any atom is 0.240 e. The SMILES string of the molecule is C[C@H]1CN(CC(=O)Nc2oc3ccc(Cl)cc3c(=O)c2-c2ccc(Cl)cc2)C[C@H](C)O1. The number of morpholine rings is 1. The number of nitrogens with zero attached hydrogens (tertiary/aromatic N) is 1. The third kappa shape index (κ3) is 4.93. The van der Waals surface area contributed by atoms with Crippen molar-refractivity contribution in [1.29, 1.82) is 0 Å². The normalized spacial score (nSPS) is 19.5. The minimum atomic E-state index is -0.282. The first-order valence-electron chi connectivity index (χ1n) is 10.00. The van der Waals surface area contributed by atoms with Gasteiger partial charge in [-0.1, -0.05) is 35.3 Å². The van der Waals surface area contributed by atoms with Crippen molar-refractivity contribution in [3.8, 4) is 11.1 Å². The van der Waals surface area contributed by atoms with Crippen LogP contribution in [0.4, 0.5) is 5.88 Å². The maximum absolute atomic E-state index is 13.3. The van der Waals surface area contributed by atoms with Gasteiger partial charge in [-0.15, -0.1) is 0 Å². The minimum absolute atomic E-state index is 0.0459. The topological polar surface area (TPSA) is 71.8 Å². The van der Waals surface area contributed by atoms with E-state index in [1.54, 1.807) is 42.5 Å². The van der Waals surface area contributed by atoms with E-state index in [9.17, 15) is 9.59 Å². The van der Waals surface area contributed by atoms with Gasteiger partial charge >= 0.3 is 0 Å². The van der Waals surface area contributed by atoms with Crippen molar-refractivity contribution >= 4 is 46.0 Å². The van der Waals surface area contributed by atoms with Crippen LogP contribution in [-0.2, 0) is 9.53 Å². The molecule has 2 atom stereocenters. The van der Waals surface area contributed by atoms with Crippen LogP contribution in [-0.4, -0.2) is 42.6 Å². The van der Waals surface area contributed by atoms with Gasteiger partial charge in [0.2, 0.25) is 17.2 Å². The van der Waals surface area contributed by atoms with Crippen LogP contribution < -0.4 is 10.7 Å². The number of hydrogen-bond acceptors (Lipinski definition) is 5. The number of anilines is 1. The lowest BCUT2D eigenvalue weighted by Gasteiger charge is -2.34. The zero-order chi connectivity index (χ0) is 22.1. The molecule has 1 N–H and O–H groups in total. The highest BCUT2D eigenvalue weighted by atomic mass is 35.5. The lowest BCUT2D eigenvalue weighted by molar-refractivity contribution is -0.121. The molecule has 1 aromatic heterocycles. The van der Waals surface area contributed by atoms with Crippen LogP contribution in [0.15, 0.2) is 51.7 Å². The molecular weight excluding hydrogens is 439 g/mol. The zero-order valence-corrected chi connectivity index (χ0v) is 18.7. The Morgan fingerprint density at radius 2 is 1.71 bits per heavy atom. The van der Waals surface area contributed by atoms with E-state index in [0.717, 1.165) is 0 Å². The molecule has 162 valence electrons. The largest absolute Gasteiger partial charge is 0.439 e. The molecule has 1 amide bonds. The molecule has 1 aliphatic heterocycles. The first-order valence-corrected chi connectivity index (χ1v) is 10.8. The number of fused-ring (bicyclic) bond motifs is 1. The van der Waals surface area contributed by atoms with Gasteiger partial charge < -0.3 is 9.15 Å². The fourth-order valence-corrected chi connectivity index (χ4v) is 4.22. The molecule has 2 aromatic carbocycles. The van der Waals surface area contributed by atoms with Gasteiger partial charge in [0.15, 0.2) is 0 Å². The molecule has 6 nitrogen and oxygen atoms in total. The average Bonchev–Trinajstić information content (AvgIpc) is 2.69. The van der Waals surface area contributed by atoms with Crippen molar-refractivity contribution in [1.82, 2.24) is 4.90 Å². The van der Waals surface area contributed by atoms with Gasteiger partial charge in [0.25, 0.3) is 0 Å². The van der Waals surface area contributed by atoms with Gasteiger partial charge in [0.1, 0.15) is 5.58 Å². The van der Waals surface area contributed by atoms with Gasteiger partial charge in [-0.05, 0) is 49.7 Å². The minimum Gasteiger partial charge on any atom is -0.439 e. The number of amides is 1. The Balaban J connectivity index is 1.71. The summed E-state index contributed by atoms with van der Waals surface area (Å²) in [7, 11) is 0. The molecule has 1 aliphatic rings. The summed E-state index contributed by atoms with van der Waals surface area (Å²) in [5, 5.41) is 4.10. The summed E-state index contributed by atoms with van der Waals surface area (Å²) in [5.74, 6) is -0.172. The predicted octanol–water partition coefficient (Wildman–Crippen LogP) is 4.81. The second kappa shape index (κ2) is 9.01. The molecule has 8 heteroatoms. The Morgan fingerprint density at radius 3 is 2.39 bits per heavy atom. The smallest absolute Gasteiger partial charge is 0.240 e. The van der Waals surface area contributed by atoms with Crippen molar-refractivity contribution in [3.05, 3.63) is 62.7 Å². The molecule has 4 rings (SSSR count). The van der Waals surface area contributed by atoms with E-state index in [1.807, 2.05) is 18.7 Å². The molecule has 31 heavy (non-hydrogen) atoms. The Bertz CT molecular complexity index is 1170. The summed E-state index contributed by atoms with van der Waals surface area (Å²) < 4.78 is 11.7. The van der Waals surface area contributed by atoms with E-state index >= 15 is 0 Å². The van der Waals surface area contributed by atoms with Crippen molar-refractivity contribution in [2.45, 2.75) is 26.1 Å². The fraction of sp³-hybridized carbons (Fsp3) is 0.304. The molecule has 2 heterocycles. The quantitative estimate of drug-likeness (QED) is 0.604. The van der Waals surface area contributed by atoms with Crippen LogP contribution >= 0.6 is 23.2 Å². The Hall–Kier alpha value is -2.38. The number of ether oxygens (including phenoxy) is 1. The summed E-state index contributed by atoms with van der Waals surface area (Å²) in [4.78, 5) is 28.2. The number of nitrogens with one attached hydrogen (secondary N) is 1. The lowest BCUT2D eigenvalue weighted by atomic mass is 10.0. The van der Waals surface area contributed by atoms with Crippen LogP contribution in [0.5, 0.6) is 0 Å². The Kier molecular flexibility index (Phi) is 6.34. The maximum atomic E-state index is 13.3. The van der Waals surface area contributed by atoms with E-state index in [0.29, 0.717) is 39.7 Å². The van der Waals surface area contributed by atoms with Crippen molar-refractivity contribution < 1.29 is 13.9 Å². The highest BCUT2D eigenvalue weighted by Crippen LogP contribution is 2.30. The highest BCUT2D eigenvalue weighted by molar-refractivity contribution is 6.31.